The van der Waals surface area contributed by atoms with Crippen LogP contribution in [-0.2, 0) is 20.9 Å². The number of carboxylic acid groups (broad SMARTS) is 1. The first-order chi connectivity index (χ1) is 14.4. The first-order valence-corrected chi connectivity index (χ1v) is 10.8. The molecule has 30 heavy (non-hydrogen) atoms. The van der Waals surface area contributed by atoms with E-state index in [9.17, 15) is 9.59 Å². The molecule has 4 rings (SSSR count). The Balaban J connectivity index is 0.000000806. The number of carbonyl (C=O) groups excluding carboxylic acids is 2. The van der Waals surface area contributed by atoms with Crippen molar-refractivity contribution in [2.45, 2.75) is 58.2 Å². The van der Waals surface area contributed by atoms with E-state index in [1.807, 2.05) is 0 Å². The molecule has 4 atom stereocenters. The normalized spacial score (nSPS) is 28.1. The van der Waals surface area contributed by atoms with Crippen LogP contribution in [-0.4, -0.2) is 64.9 Å². The third-order valence-electron chi connectivity index (χ3n) is 6.62. The van der Waals surface area contributed by atoms with Crippen molar-refractivity contribution in [3.8, 4) is 0 Å². The Morgan fingerprint density at radius 2 is 2.03 bits per heavy atom. The van der Waals surface area contributed by atoms with E-state index in [0.717, 1.165) is 32.5 Å². The van der Waals surface area contributed by atoms with Crippen LogP contribution in [0.25, 0.3) is 0 Å². The van der Waals surface area contributed by atoms with E-state index < -0.39 is 0 Å². The fourth-order valence-electron chi connectivity index (χ4n) is 5.58. The van der Waals surface area contributed by atoms with Crippen molar-refractivity contribution in [1.82, 2.24) is 15.1 Å². The average molecular weight is 416 g/mol. The highest BCUT2D eigenvalue weighted by Gasteiger charge is 2.49. The second kappa shape index (κ2) is 10.1. The van der Waals surface area contributed by atoms with Crippen LogP contribution in [0, 0.1) is 18.8 Å². The van der Waals surface area contributed by atoms with Gasteiger partial charge in [-0.05, 0) is 43.6 Å². The van der Waals surface area contributed by atoms with Gasteiger partial charge in [-0.3, -0.25) is 19.3 Å². The zero-order valence-corrected chi connectivity index (χ0v) is 17.9. The third kappa shape index (κ3) is 5.19. The predicted octanol–water partition coefficient (Wildman–Crippen LogP) is 2.03. The van der Waals surface area contributed by atoms with Gasteiger partial charge in [-0.25, -0.2) is 0 Å². The molecule has 0 aromatic heterocycles. The van der Waals surface area contributed by atoms with Gasteiger partial charge in [0.25, 0.3) is 6.47 Å². The number of aryl methyl sites for hydroxylation is 1. The quantitative estimate of drug-likeness (QED) is 0.735. The van der Waals surface area contributed by atoms with E-state index in [0.29, 0.717) is 36.8 Å². The smallest absolute Gasteiger partial charge is 0.290 e. The highest BCUT2D eigenvalue weighted by atomic mass is 16.3. The number of hydrogen-bond donors (Lipinski definition) is 2. The van der Waals surface area contributed by atoms with E-state index in [2.05, 4.69) is 46.3 Å². The Labute approximate surface area is 178 Å². The Hall–Kier alpha value is -2.41. The van der Waals surface area contributed by atoms with Gasteiger partial charge in [0.05, 0.1) is 6.04 Å². The SMILES string of the molecule is CC(=O)NC[C@H]1[C@H]2C[C@H](CN(Cc3cccc(C)c3)C2)[C@@H]2CCCC(=O)N21.O=CO. The molecule has 2 amide bonds. The first-order valence-electron chi connectivity index (χ1n) is 10.8. The van der Waals surface area contributed by atoms with Gasteiger partial charge in [-0.2, -0.15) is 0 Å². The zero-order chi connectivity index (χ0) is 21.7. The lowest BCUT2D eigenvalue weighted by atomic mass is 9.72. The summed E-state index contributed by atoms with van der Waals surface area (Å²) in [6.45, 7) is 7.10. The standard InChI is InChI=1S/C22H31N3O2.CH2O2/c1-15-5-3-6-17(9-15)12-24-13-18-10-19(14-24)21(11-23-16(2)26)25-20(18)7-4-8-22(25)27;2-1-3/h3,5-6,9,18-21H,4,7-8,10-14H2,1-2H3,(H,23,26);1H,(H,2,3)/t18-,19+,20+,21+;/m1./s1. The summed E-state index contributed by atoms with van der Waals surface area (Å²) in [5, 5.41) is 9.88. The number of likely N-dealkylation sites (tertiary alicyclic amines) is 1. The maximum absolute atomic E-state index is 12.7. The molecule has 2 N–H and O–H groups in total. The topological polar surface area (TPSA) is 90.0 Å². The number of benzene rings is 1. The summed E-state index contributed by atoms with van der Waals surface area (Å²) in [6, 6.07) is 9.25. The monoisotopic (exact) mass is 415 g/mol. The lowest BCUT2D eigenvalue weighted by Gasteiger charge is -2.56. The second-order valence-electron chi connectivity index (χ2n) is 8.81. The second-order valence-corrected chi connectivity index (χ2v) is 8.81. The molecule has 3 aliphatic rings. The molecular weight excluding hydrogens is 382 g/mol. The van der Waals surface area contributed by atoms with E-state index in [1.165, 1.54) is 17.5 Å². The van der Waals surface area contributed by atoms with Gasteiger partial charge in [0, 0.05) is 45.6 Å². The zero-order valence-electron chi connectivity index (χ0n) is 17.9. The summed E-state index contributed by atoms with van der Waals surface area (Å²) in [5.41, 5.74) is 2.67. The molecule has 0 radical (unpaired) electrons. The average Bonchev–Trinajstić information content (AvgIpc) is 2.69. The highest BCUT2D eigenvalue weighted by Crippen LogP contribution is 2.41. The van der Waals surface area contributed by atoms with Gasteiger partial charge < -0.3 is 15.3 Å². The van der Waals surface area contributed by atoms with Crippen LogP contribution >= 0.6 is 0 Å². The van der Waals surface area contributed by atoms with Crippen LogP contribution in [0.5, 0.6) is 0 Å². The number of carbonyl (C=O) groups is 3. The maximum atomic E-state index is 12.7. The molecule has 0 saturated carbocycles. The van der Waals surface area contributed by atoms with Gasteiger partial charge in [-0.1, -0.05) is 29.8 Å². The minimum atomic E-state index is -0.250. The van der Waals surface area contributed by atoms with E-state index in [4.69, 9.17) is 9.90 Å². The van der Waals surface area contributed by atoms with Crippen LogP contribution in [0.2, 0.25) is 0 Å². The molecule has 3 heterocycles. The molecule has 1 aromatic carbocycles. The van der Waals surface area contributed by atoms with Crippen molar-refractivity contribution in [2.24, 2.45) is 11.8 Å². The number of piperidine rings is 3. The Morgan fingerprint density at radius 1 is 1.30 bits per heavy atom. The van der Waals surface area contributed by atoms with Gasteiger partial charge in [0.1, 0.15) is 0 Å². The van der Waals surface area contributed by atoms with Crippen molar-refractivity contribution in [3.63, 3.8) is 0 Å². The fourth-order valence-corrected chi connectivity index (χ4v) is 5.58. The van der Waals surface area contributed by atoms with Crippen molar-refractivity contribution in [1.29, 1.82) is 0 Å². The largest absolute Gasteiger partial charge is 0.483 e. The molecule has 2 bridgehead atoms. The van der Waals surface area contributed by atoms with Crippen molar-refractivity contribution in [3.05, 3.63) is 35.4 Å². The first kappa shape index (κ1) is 22.3. The molecule has 3 saturated heterocycles. The molecule has 0 spiro atoms. The molecule has 0 aliphatic carbocycles. The molecule has 3 fully saturated rings. The van der Waals surface area contributed by atoms with Gasteiger partial charge in [0.2, 0.25) is 11.8 Å². The van der Waals surface area contributed by atoms with Crippen LogP contribution in [0.4, 0.5) is 0 Å². The minimum Gasteiger partial charge on any atom is -0.483 e. The minimum absolute atomic E-state index is 0.00874. The van der Waals surface area contributed by atoms with E-state index in [1.54, 1.807) is 6.92 Å². The molecule has 3 aliphatic heterocycles. The van der Waals surface area contributed by atoms with Crippen LogP contribution in [0.15, 0.2) is 24.3 Å². The van der Waals surface area contributed by atoms with Gasteiger partial charge in [-0.15, -0.1) is 0 Å². The number of rotatable bonds is 4. The predicted molar refractivity (Wildman–Crippen MR) is 114 cm³/mol. The molecule has 0 unspecified atom stereocenters. The van der Waals surface area contributed by atoms with Crippen LogP contribution in [0.3, 0.4) is 0 Å². The number of hydrogen-bond acceptors (Lipinski definition) is 4. The number of nitrogens with one attached hydrogen (secondary N) is 1. The van der Waals surface area contributed by atoms with Crippen molar-refractivity contribution in [2.75, 3.05) is 19.6 Å². The summed E-state index contributed by atoms with van der Waals surface area (Å²) in [4.78, 5) is 37.3. The Kier molecular flexibility index (Phi) is 7.48. The number of nitrogens with zero attached hydrogens (tertiary/aromatic N) is 2. The number of amides is 2. The summed E-state index contributed by atoms with van der Waals surface area (Å²) >= 11 is 0. The summed E-state index contributed by atoms with van der Waals surface area (Å²) < 4.78 is 0. The summed E-state index contributed by atoms with van der Waals surface area (Å²) in [6.07, 6.45) is 3.96. The lowest BCUT2D eigenvalue weighted by Crippen LogP contribution is -2.66. The Morgan fingerprint density at radius 3 is 2.73 bits per heavy atom. The third-order valence-corrected chi connectivity index (χ3v) is 6.62. The summed E-state index contributed by atoms with van der Waals surface area (Å²) in [7, 11) is 0. The maximum Gasteiger partial charge on any atom is 0.290 e. The van der Waals surface area contributed by atoms with Crippen molar-refractivity contribution >= 4 is 18.3 Å². The molecular formula is C23H33N3O4. The van der Waals surface area contributed by atoms with Gasteiger partial charge in [0.15, 0.2) is 0 Å². The highest BCUT2D eigenvalue weighted by molar-refractivity contribution is 5.78. The Bertz CT molecular complexity index is 769. The fraction of sp³-hybridized carbons (Fsp3) is 0.609. The van der Waals surface area contributed by atoms with Crippen LogP contribution in [0.1, 0.15) is 43.7 Å². The number of fused-ring (bicyclic) bond motifs is 4. The van der Waals surface area contributed by atoms with E-state index >= 15 is 0 Å². The molecule has 1 aromatic rings. The van der Waals surface area contributed by atoms with E-state index in [-0.39, 0.29) is 18.4 Å². The molecule has 164 valence electrons. The van der Waals surface area contributed by atoms with Gasteiger partial charge >= 0.3 is 0 Å². The molecule has 7 heteroatoms. The van der Waals surface area contributed by atoms with Crippen molar-refractivity contribution < 1.29 is 19.5 Å². The summed E-state index contributed by atoms with van der Waals surface area (Å²) in [5.74, 6) is 1.29. The lowest BCUT2D eigenvalue weighted by molar-refractivity contribution is -0.153. The van der Waals surface area contributed by atoms with Crippen LogP contribution < -0.4 is 5.32 Å². The molecule has 7 nitrogen and oxygen atoms in total.